The van der Waals surface area contributed by atoms with Crippen LogP contribution < -0.4 is 10.1 Å². The van der Waals surface area contributed by atoms with E-state index in [4.69, 9.17) is 4.74 Å². The summed E-state index contributed by atoms with van der Waals surface area (Å²) in [5, 5.41) is 41.3. The second kappa shape index (κ2) is 24.4. The van der Waals surface area contributed by atoms with Gasteiger partial charge in [0, 0.05) is 87.1 Å². The number of fused-ring (bicyclic) bond motifs is 1. The van der Waals surface area contributed by atoms with E-state index in [1.807, 2.05) is 29.2 Å². The Morgan fingerprint density at radius 2 is 1.37 bits per heavy atom. The van der Waals surface area contributed by atoms with Gasteiger partial charge in [0.1, 0.15) is 11.8 Å². The van der Waals surface area contributed by atoms with E-state index in [0.29, 0.717) is 67.8 Å². The maximum Gasteiger partial charge on any atom is 0.317 e. The van der Waals surface area contributed by atoms with Crippen LogP contribution in [0.5, 0.6) is 5.75 Å². The fourth-order valence-corrected chi connectivity index (χ4v) is 7.95. The molecule has 0 radical (unpaired) electrons. The van der Waals surface area contributed by atoms with Gasteiger partial charge in [0.15, 0.2) is 0 Å². The molecule has 2 aliphatic rings. The normalized spacial score (nSPS) is 17.3. The van der Waals surface area contributed by atoms with E-state index in [2.05, 4.69) is 39.0 Å². The number of hydrogen-bond donors (Lipinski definition) is 4. The highest BCUT2D eigenvalue weighted by Crippen LogP contribution is 2.23. The molecule has 2 aliphatic heterocycles. The number of nitrogens with zero attached hydrogens (tertiary/aromatic N) is 8. The lowest BCUT2D eigenvalue weighted by Crippen LogP contribution is -2.50. The van der Waals surface area contributed by atoms with Gasteiger partial charge in [-0.1, -0.05) is 12.1 Å². The van der Waals surface area contributed by atoms with E-state index < -0.39 is 29.9 Å². The molecule has 2 fully saturated rings. The predicted octanol–water partition coefficient (Wildman–Crippen LogP) is 1.36. The summed E-state index contributed by atoms with van der Waals surface area (Å²) >= 11 is 2.22. The molecular formula is C43H54IN9O10. The van der Waals surface area contributed by atoms with Crippen molar-refractivity contribution in [2.75, 3.05) is 105 Å². The minimum Gasteiger partial charge on any atom is -0.494 e. The molecule has 338 valence electrons. The molecule has 1 atom stereocenters. The minimum atomic E-state index is -1.04. The first-order valence-electron chi connectivity index (χ1n) is 20.8. The van der Waals surface area contributed by atoms with Gasteiger partial charge >= 0.3 is 17.9 Å². The Morgan fingerprint density at radius 1 is 0.794 bits per heavy atom. The van der Waals surface area contributed by atoms with E-state index in [0.717, 1.165) is 15.6 Å². The molecule has 2 aromatic carbocycles. The fourth-order valence-electron chi connectivity index (χ4n) is 7.59. The average molecular weight is 984 g/mol. The molecule has 1 aromatic heterocycles. The fraction of sp³-hybridized carbons (Fsp3) is 0.488. The molecule has 20 heteroatoms. The van der Waals surface area contributed by atoms with Crippen LogP contribution in [-0.4, -0.2) is 196 Å². The SMILES string of the molecule is N#C[C@@H]1CCCN1C(=O)CNC(=O)c1ccnc2ccc(OCCCN(Cc3ccc(I)cc3)C(=O)CN3CCN(CC(=O)O)CCN(CC(=O)O)CCN(CC(=O)O)CC3)cc12. The largest absolute Gasteiger partial charge is 0.494 e. The number of hydrogen-bond acceptors (Lipinski definition) is 13. The number of likely N-dealkylation sites (tertiary alicyclic amines) is 1. The average Bonchev–Trinajstić information content (AvgIpc) is 3.74. The van der Waals surface area contributed by atoms with E-state index in [1.54, 1.807) is 43.9 Å². The van der Waals surface area contributed by atoms with Crippen LogP contribution in [0.1, 0.15) is 35.2 Å². The molecule has 2 saturated heterocycles. The molecule has 0 bridgehead atoms. The number of carboxylic acid groups (broad SMARTS) is 3. The van der Waals surface area contributed by atoms with Gasteiger partial charge in [-0.05, 0) is 83.8 Å². The summed E-state index contributed by atoms with van der Waals surface area (Å²) in [6.45, 7) is 2.57. The number of benzene rings is 2. The summed E-state index contributed by atoms with van der Waals surface area (Å²) in [7, 11) is 0. The van der Waals surface area contributed by atoms with Gasteiger partial charge < -0.3 is 35.2 Å². The zero-order valence-electron chi connectivity index (χ0n) is 35.1. The number of carbonyl (C=O) groups is 6. The van der Waals surface area contributed by atoms with Crippen LogP contribution in [0.3, 0.4) is 0 Å². The maximum absolute atomic E-state index is 14.2. The van der Waals surface area contributed by atoms with Gasteiger partial charge in [0.2, 0.25) is 11.8 Å². The van der Waals surface area contributed by atoms with Crippen LogP contribution in [0, 0.1) is 14.9 Å². The lowest BCUT2D eigenvalue weighted by Gasteiger charge is -2.33. The van der Waals surface area contributed by atoms with Gasteiger partial charge in [-0.3, -0.25) is 53.4 Å². The lowest BCUT2D eigenvalue weighted by molar-refractivity contribution is -0.140. The first-order chi connectivity index (χ1) is 30.3. The number of pyridine rings is 1. The second-order valence-corrected chi connectivity index (χ2v) is 16.8. The van der Waals surface area contributed by atoms with Crippen LogP contribution in [0.2, 0.25) is 0 Å². The topological polar surface area (TPSA) is 240 Å². The molecule has 0 spiro atoms. The van der Waals surface area contributed by atoms with Gasteiger partial charge in [-0.2, -0.15) is 5.26 Å². The Balaban J connectivity index is 1.25. The molecule has 0 saturated carbocycles. The summed E-state index contributed by atoms with van der Waals surface area (Å²) in [5.74, 6) is -3.58. The monoisotopic (exact) mass is 983 g/mol. The van der Waals surface area contributed by atoms with Gasteiger partial charge in [0.25, 0.3) is 5.91 Å². The van der Waals surface area contributed by atoms with Gasteiger partial charge in [-0.15, -0.1) is 0 Å². The third-order valence-electron chi connectivity index (χ3n) is 10.9. The Hall–Kier alpha value is -5.47. The molecule has 0 aliphatic carbocycles. The van der Waals surface area contributed by atoms with E-state index in [-0.39, 0.29) is 90.4 Å². The first-order valence-corrected chi connectivity index (χ1v) is 21.9. The van der Waals surface area contributed by atoms with Crippen molar-refractivity contribution in [3.63, 3.8) is 0 Å². The van der Waals surface area contributed by atoms with Crippen LogP contribution in [0.25, 0.3) is 10.9 Å². The van der Waals surface area contributed by atoms with Crippen molar-refractivity contribution in [3.05, 3.63) is 69.4 Å². The van der Waals surface area contributed by atoms with E-state index >= 15 is 0 Å². The standard InChI is InChI=1S/C43H54IN9O10/c44-32-6-4-31(5-7-32)26-52(39(55)27-48-14-16-49(28-40(56)57)18-20-51(30-42(60)61)21-19-50(17-15-48)29-41(58)59)12-2-22-63-34-8-9-37-36(23-34)35(10-11-46-37)43(62)47-25-38(54)53-13-1-3-33(53)24-45/h4-11,23,33H,1-3,12-22,25-30H2,(H,47,62)(H,56,57)(H,58,59)(H,60,61)/t33-/m0/s1. The Kier molecular flexibility index (Phi) is 18.8. The molecule has 63 heavy (non-hydrogen) atoms. The molecule has 4 N–H and O–H groups in total. The Morgan fingerprint density at radius 3 is 1.92 bits per heavy atom. The second-order valence-electron chi connectivity index (χ2n) is 15.5. The lowest BCUT2D eigenvalue weighted by atomic mass is 10.1. The summed E-state index contributed by atoms with van der Waals surface area (Å²) in [6.07, 6.45) is 3.31. The van der Waals surface area contributed by atoms with Crippen molar-refractivity contribution in [2.24, 2.45) is 0 Å². The molecule has 3 amide bonds. The number of nitriles is 1. The van der Waals surface area contributed by atoms with Gasteiger partial charge in [0.05, 0.1) is 56.5 Å². The maximum atomic E-state index is 14.2. The number of halogens is 1. The number of rotatable bonds is 18. The predicted molar refractivity (Wildman–Crippen MR) is 238 cm³/mol. The third kappa shape index (κ3) is 15.7. The van der Waals surface area contributed by atoms with E-state index in [1.165, 1.54) is 11.1 Å². The highest BCUT2D eigenvalue weighted by atomic mass is 127. The quantitative estimate of drug-likeness (QED) is 0.104. The number of aromatic nitrogens is 1. The summed E-state index contributed by atoms with van der Waals surface area (Å²) in [4.78, 5) is 90.0. The smallest absolute Gasteiger partial charge is 0.317 e. The number of nitrogens with one attached hydrogen (secondary N) is 1. The first kappa shape index (κ1) is 48.6. The van der Waals surface area contributed by atoms with Crippen molar-refractivity contribution >= 4 is 69.1 Å². The Bertz CT molecular complexity index is 2090. The molecular weight excluding hydrogens is 929 g/mol. The number of aliphatic carboxylic acids is 3. The highest BCUT2D eigenvalue weighted by molar-refractivity contribution is 14.1. The number of amides is 3. The van der Waals surface area contributed by atoms with Crippen molar-refractivity contribution < 1.29 is 48.8 Å². The number of carboxylic acids is 3. The van der Waals surface area contributed by atoms with Crippen molar-refractivity contribution in [1.82, 2.24) is 39.7 Å². The number of ether oxygens (including phenoxy) is 1. The van der Waals surface area contributed by atoms with Gasteiger partial charge in [-0.25, -0.2) is 0 Å². The summed E-state index contributed by atoms with van der Waals surface area (Å²) in [5.41, 5.74) is 1.79. The van der Waals surface area contributed by atoms with Crippen LogP contribution in [0.4, 0.5) is 0 Å². The Labute approximate surface area is 379 Å². The molecule has 3 heterocycles. The van der Waals surface area contributed by atoms with E-state index in [9.17, 15) is 49.3 Å². The van der Waals surface area contributed by atoms with Crippen molar-refractivity contribution in [1.29, 1.82) is 5.26 Å². The minimum absolute atomic E-state index is 0.0107. The third-order valence-corrected chi connectivity index (χ3v) is 11.6. The van der Waals surface area contributed by atoms with Crippen LogP contribution >= 0.6 is 22.6 Å². The van der Waals surface area contributed by atoms with Crippen LogP contribution in [0.15, 0.2) is 54.7 Å². The summed E-state index contributed by atoms with van der Waals surface area (Å²) < 4.78 is 7.18. The number of carbonyl (C=O) groups excluding carboxylic acids is 3. The molecule has 3 aromatic rings. The van der Waals surface area contributed by atoms with Crippen molar-refractivity contribution in [3.8, 4) is 11.8 Å². The van der Waals surface area contributed by atoms with Crippen molar-refractivity contribution in [2.45, 2.75) is 31.8 Å². The zero-order valence-corrected chi connectivity index (χ0v) is 37.2. The molecule has 19 nitrogen and oxygen atoms in total. The van der Waals surface area contributed by atoms with Crippen LogP contribution in [-0.2, 0) is 30.5 Å². The summed E-state index contributed by atoms with van der Waals surface area (Å²) in [6, 6.07) is 16.2. The highest BCUT2D eigenvalue weighted by Gasteiger charge is 2.29. The zero-order chi connectivity index (χ0) is 45.3. The molecule has 5 rings (SSSR count). The molecule has 0 unspecified atom stereocenters.